The summed E-state index contributed by atoms with van der Waals surface area (Å²) in [5.41, 5.74) is 1.62. The molecule has 0 aliphatic carbocycles. The van der Waals surface area contributed by atoms with Crippen LogP contribution in [0.1, 0.15) is 12.0 Å². The lowest BCUT2D eigenvalue weighted by Gasteiger charge is -2.11. The van der Waals surface area contributed by atoms with Crippen molar-refractivity contribution in [3.8, 4) is 17.2 Å². The molecule has 1 aliphatic rings. The number of hydrogen-bond donors (Lipinski definition) is 2. The van der Waals surface area contributed by atoms with Gasteiger partial charge in [-0.25, -0.2) is 0 Å². The normalized spacial score (nSPS) is 15.9. The van der Waals surface area contributed by atoms with Gasteiger partial charge in [0.25, 0.3) is 5.91 Å². The zero-order chi connectivity index (χ0) is 17.8. The van der Waals surface area contributed by atoms with E-state index >= 15 is 0 Å². The van der Waals surface area contributed by atoms with Gasteiger partial charge in [-0.15, -0.1) is 0 Å². The molecule has 25 heavy (non-hydrogen) atoms. The molecule has 7 nitrogen and oxygen atoms in total. The molecule has 0 saturated carbocycles. The summed E-state index contributed by atoms with van der Waals surface area (Å²) in [6.45, 7) is 0. The Labute approximate surface area is 144 Å². The van der Waals surface area contributed by atoms with E-state index < -0.39 is 6.10 Å². The van der Waals surface area contributed by atoms with E-state index in [-0.39, 0.29) is 18.1 Å². The number of phenolic OH excluding ortho intramolecular Hbond substituents is 1. The molecule has 0 spiro atoms. The van der Waals surface area contributed by atoms with Crippen molar-refractivity contribution in [3.05, 3.63) is 48.0 Å². The zero-order valence-corrected chi connectivity index (χ0v) is 13.9. The molecule has 0 radical (unpaired) electrons. The summed E-state index contributed by atoms with van der Waals surface area (Å²) in [5, 5.41) is 16.4. The number of rotatable bonds is 5. The molecule has 2 aromatic rings. The van der Waals surface area contributed by atoms with Crippen LogP contribution in [0.4, 0.5) is 5.69 Å². The quantitative estimate of drug-likeness (QED) is 0.815. The van der Waals surface area contributed by atoms with Crippen LogP contribution in [0.2, 0.25) is 0 Å². The van der Waals surface area contributed by atoms with Crippen molar-refractivity contribution in [2.24, 2.45) is 5.16 Å². The third kappa shape index (κ3) is 3.50. The van der Waals surface area contributed by atoms with Crippen LogP contribution in [-0.2, 0) is 9.63 Å². The van der Waals surface area contributed by atoms with Crippen LogP contribution >= 0.6 is 0 Å². The second-order valence-electron chi connectivity index (χ2n) is 5.41. The molecule has 2 N–H and O–H groups in total. The van der Waals surface area contributed by atoms with Crippen LogP contribution in [0.25, 0.3) is 0 Å². The highest BCUT2D eigenvalue weighted by Crippen LogP contribution is 2.29. The van der Waals surface area contributed by atoms with Crippen molar-refractivity contribution in [2.45, 2.75) is 12.5 Å². The molecule has 0 aromatic heterocycles. The second-order valence-corrected chi connectivity index (χ2v) is 5.41. The predicted molar refractivity (Wildman–Crippen MR) is 92.3 cm³/mol. The van der Waals surface area contributed by atoms with E-state index in [1.54, 1.807) is 50.6 Å². The highest BCUT2D eigenvalue weighted by Gasteiger charge is 2.30. The van der Waals surface area contributed by atoms with Gasteiger partial charge in [0.1, 0.15) is 17.2 Å². The average Bonchev–Trinajstić information content (AvgIpc) is 3.13. The van der Waals surface area contributed by atoms with Crippen LogP contribution in [0, 0.1) is 0 Å². The molecule has 0 fully saturated rings. The highest BCUT2D eigenvalue weighted by atomic mass is 16.6. The lowest BCUT2D eigenvalue weighted by Crippen LogP contribution is -2.28. The fourth-order valence-corrected chi connectivity index (χ4v) is 2.51. The van der Waals surface area contributed by atoms with Gasteiger partial charge in [-0.2, -0.15) is 0 Å². The predicted octanol–water partition coefficient (Wildman–Crippen LogP) is 2.54. The minimum absolute atomic E-state index is 0.00977. The molecule has 1 atom stereocenters. The first kappa shape index (κ1) is 16.6. The number of methoxy groups -OCH3 is 2. The van der Waals surface area contributed by atoms with Gasteiger partial charge < -0.3 is 24.7 Å². The topological polar surface area (TPSA) is 89.4 Å². The van der Waals surface area contributed by atoms with Gasteiger partial charge >= 0.3 is 0 Å². The largest absolute Gasteiger partial charge is 0.506 e. The first-order valence-corrected chi connectivity index (χ1v) is 7.66. The maximum atomic E-state index is 12.3. The van der Waals surface area contributed by atoms with Crippen molar-refractivity contribution in [2.75, 3.05) is 19.5 Å². The van der Waals surface area contributed by atoms with Gasteiger partial charge in [0.05, 0.1) is 25.6 Å². The maximum absolute atomic E-state index is 12.3. The summed E-state index contributed by atoms with van der Waals surface area (Å²) >= 11 is 0. The van der Waals surface area contributed by atoms with Crippen molar-refractivity contribution in [1.29, 1.82) is 0 Å². The van der Waals surface area contributed by atoms with Gasteiger partial charge in [-0.05, 0) is 30.3 Å². The average molecular weight is 342 g/mol. The lowest BCUT2D eigenvalue weighted by atomic mass is 10.0. The number of para-hydroxylation sites is 2. The minimum atomic E-state index is -0.787. The van der Waals surface area contributed by atoms with Crippen LogP contribution < -0.4 is 14.8 Å². The molecular formula is C18H18N2O5. The molecule has 7 heteroatoms. The van der Waals surface area contributed by atoms with E-state index in [0.29, 0.717) is 28.5 Å². The Balaban J connectivity index is 1.73. The van der Waals surface area contributed by atoms with Gasteiger partial charge in [-0.3, -0.25) is 4.79 Å². The SMILES string of the molecule is COc1ccc(OC)c(C2=NO[C@@H](C(=O)Nc3ccccc3O)C2)c1. The van der Waals surface area contributed by atoms with E-state index in [2.05, 4.69) is 10.5 Å². The number of nitrogens with one attached hydrogen (secondary N) is 1. The van der Waals surface area contributed by atoms with E-state index in [9.17, 15) is 9.90 Å². The van der Waals surface area contributed by atoms with Gasteiger partial charge in [0.2, 0.25) is 6.10 Å². The number of carbonyl (C=O) groups excluding carboxylic acids is 1. The van der Waals surface area contributed by atoms with E-state index in [1.807, 2.05) is 0 Å². The summed E-state index contributed by atoms with van der Waals surface area (Å²) in [4.78, 5) is 17.6. The summed E-state index contributed by atoms with van der Waals surface area (Å²) in [6.07, 6.45) is -0.506. The number of anilines is 1. The Kier molecular flexibility index (Phi) is 4.74. The minimum Gasteiger partial charge on any atom is -0.506 e. The standard InChI is InChI=1S/C18H18N2O5/c1-23-11-7-8-16(24-2)12(9-11)14-10-17(25-20-14)18(22)19-13-5-3-4-6-15(13)21/h3-9,17,21H,10H2,1-2H3,(H,19,22)/t17-/m1/s1. The number of amides is 1. The monoisotopic (exact) mass is 342 g/mol. The van der Waals surface area contributed by atoms with Crippen LogP contribution in [0.5, 0.6) is 17.2 Å². The number of aromatic hydroxyl groups is 1. The Bertz CT molecular complexity index is 819. The highest BCUT2D eigenvalue weighted by molar-refractivity contribution is 6.08. The molecule has 1 amide bonds. The van der Waals surface area contributed by atoms with Crippen molar-refractivity contribution >= 4 is 17.3 Å². The number of benzene rings is 2. The first-order valence-electron chi connectivity index (χ1n) is 7.66. The third-order valence-corrected chi connectivity index (χ3v) is 3.84. The number of carbonyl (C=O) groups is 1. The summed E-state index contributed by atoms with van der Waals surface area (Å²) < 4.78 is 10.6. The van der Waals surface area contributed by atoms with Crippen molar-refractivity contribution < 1.29 is 24.2 Å². The molecule has 0 unspecified atom stereocenters. The molecule has 130 valence electrons. The summed E-state index contributed by atoms with van der Waals surface area (Å²) in [7, 11) is 3.13. The fraction of sp³-hybridized carbons (Fsp3) is 0.222. The smallest absolute Gasteiger partial charge is 0.268 e. The Hall–Kier alpha value is -3.22. The van der Waals surface area contributed by atoms with Gasteiger partial charge in [0.15, 0.2) is 0 Å². The molecule has 1 aliphatic heterocycles. The number of nitrogens with zero attached hydrogens (tertiary/aromatic N) is 1. The van der Waals surface area contributed by atoms with Crippen LogP contribution in [0.3, 0.4) is 0 Å². The van der Waals surface area contributed by atoms with Crippen LogP contribution in [-0.4, -0.2) is 37.0 Å². The van der Waals surface area contributed by atoms with E-state index in [4.69, 9.17) is 14.3 Å². The molecular weight excluding hydrogens is 324 g/mol. The molecule has 2 aromatic carbocycles. The molecule has 3 rings (SSSR count). The van der Waals surface area contributed by atoms with Crippen LogP contribution in [0.15, 0.2) is 47.6 Å². The number of phenols is 1. The maximum Gasteiger partial charge on any atom is 0.268 e. The number of ether oxygens (including phenoxy) is 2. The fourth-order valence-electron chi connectivity index (χ4n) is 2.51. The molecule has 0 saturated heterocycles. The van der Waals surface area contributed by atoms with Crippen molar-refractivity contribution in [1.82, 2.24) is 0 Å². The second kappa shape index (κ2) is 7.12. The molecule has 0 bridgehead atoms. The number of hydrogen-bond acceptors (Lipinski definition) is 6. The lowest BCUT2D eigenvalue weighted by molar-refractivity contribution is -0.125. The Morgan fingerprint density at radius 1 is 1.24 bits per heavy atom. The number of oxime groups is 1. The summed E-state index contributed by atoms with van der Waals surface area (Å²) in [5.74, 6) is 0.872. The molecule has 1 heterocycles. The third-order valence-electron chi connectivity index (χ3n) is 3.84. The Morgan fingerprint density at radius 3 is 2.76 bits per heavy atom. The zero-order valence-electron chi connectivity index (χ0n) is 13.9. The Morgan fingerprint density at radius 2 is 2.04 bits per heavy atom. The summed E-state index contributed by atoms with van der Waals surface area (Å²) in [6, 6.07) is 11.8. The van der Waals surface area contributed by atoms with E-state index in [1.165, 1.54) is 6.07 Å². The van der Waals surface area contributed by atoms with Gasteiger partial charge in [-0.1, -0.05) is 17.3 Å². The van der Waals surface area contributed by atoms with Crippen molar-refractivity contribution in [3.63, 3.8) is 0 Å². The first-order chi connectivity index (χ1) is 12.1. The van der Waals surface area contributed by atoms with Gasteiger partial charge in [0, 0.05) is 12.0 Å². The van der Waals surface area contributed by atoms with E-state index in [0.717, 1.165) is 0 Å².